The monoisotopic (exact) mass is 160 g/mol. The van der Waals surface area contributed by atoms with Gasteiger partial charge in [0.05, 0.1) is 5.71 Å². The van der Waals surface area contributed by atoms with E-state index in [1.54, 1.807) is 11.0 Å². The lowest BCUT2D eigenvalue weighted by atomic mass is 10.3. The normalized spacial score (nSPS) is 24.6. The van der Waals surface area contributed by atoms with Gasteiger partial charge in [0.25, 0.3) is 0 Å². The highest BCUT2D eigenvalue weighted by Crippen LogP contribution is 2.01. The fourth-order valence-electron chi connectivity index (χ4n) is 0.965. The Morgan fingerprint density at radius 1 is 1.25 bits per heavy atom. The molecule has 0 N–H and O–H groups in total. The Morgan fingerprint density at radius 3 is 3.00 bits per heavy atom. The van der Waals surface area contributed by atoms with Crippen LogP contribution in [0.5, 0.6) is 0 Å². The Hall–Kier alpha value is -1.71. The van der Waals surface area contributed by atoms with Crippen LogP contribution in [0, 0.1) is 0 Å². The summed E-state index contributed by atoms with van der Waals surface area (Å²) < 4.78 is 1.65. The summed E-state index contributed by atoms with van der Waals surface area (Å²) in [5.41, 5.74) is 0.931. The van der Waals surface area contributed by atoms with Crippen molar-refractivity contribution in [2.75, 3.05) is 0 Å². The van der Waals surface area contributed by atoms with Gasteiger partial charge in [0.2, 0.25) is 0 Å². The van der Waals surface area contributed by atoms with Gasteiger partial charge in [-0.2, -0.15) is 5.10 Å². The Labute approximate surface area is 69.9 Å². The zero-order chi connectivity index (χ0) is 8.39. The molecular formula is C8H8N4. The van der Waals surface area contributed by atoms with E-state index < -0.39 is 0 Å². The van der Waals surface area contributed by atoms with Gasteiger partial charge in [-0.15, -0.1) is 10.2 Å². The molecule has 0 aromatic carbocycles. The minimum atomic E-state index is 0.749. The molecule has 0 radical (unpaired) electrons. The molecule has 0 aliphatic carbocycles. The molecule has 60 valence electrons. The van der Waals surface area contributed by atoms with Gasteiger partial charge in [0.1, 0.15) is 6.33 Å². The third-order valence-corrected chi connectivity index (χ3v) is 1.52. The number of hydrogen-bond donors (Lipinski definition) is 0. The van der Waals surface area contributed by atoms with E-state index >= 15 is 0 Å². The third-order valence-electron chi connectivity index (χ3n) is 1.52. The fourth-order valence-corrected chi connectivity index (χ4v) is 0.965. The van der Waals surface area contributed by atoms with Gasteiger partial charge in [-0.3, -0.25) is 0 Å². The van der Waals surface area contributed by atoms with E-state index in [1.807, 2.05) is 31.2 Å². The number of nitrogens with zero attached hydrogens (tertiary/aromatic N) is 4. The number of rotatable bonds is 0. The van der Waals surface area contributed by atoms with Gasteiger partial charge in [0, 0.05) is 0 Å². The van der Waals surface area contributed by atoms with Crippen LogP contribution in [0.4, 0.5) is 0 Å². The minimum absolute atomic E-state index is 0.749. The van der Waals surface area contributed by atoms with Crippen molar-refractivity contribution in [3.63, 3.8) is 0 Å². The van der Waals surface area contributed by atoms with Crippen molar-refractivity contribution in [2.24, 2.45) is 5.10 Å². The fraction of sp³-hybridized carbons (Fsp3) is 0.125. The largest absolute Gasteiger partial charge is 0.200 e. The van der Waals surface area contributed by atoms with E-state index in [4.69, 9.17) is 0 Å². The SMILES string of the molecule is CC1=N\n2cnnc2\C=C/C=C/1. The van der Waals surface area contributed by atoms with Crippen molar-refractivity contribution < 1.29 is 0 Å². The molecule has 0 spiro atoms. The maximum Gasteiger partial charge on any atom is 0.177 e. The average Bonchev–Trinajstić information content (AvgIpc) is 2.42. The summed E-state index contributed by atoms with van der Waals surface area (Å²) in [5.74, 6) is 0.749. The maximum atomic E-state index is 4.23. The second kappa shape index (κ2) is 2.73. The summed E-state index contributed by atoms with van der Waals surface area (Å²) in [5, 5.41) is 11.9. The molecular weight excluding hydrogens is 152 g/mol. The summed E-state index contributed by atoms with van der Waals surface area (Å²) in [6, 6.07) is 0. The molecule has 0 atom stereocenters. The molecule has 4 heteroatoms. The van der Waals surface area contributed by atoms with Crippen molar-refractivity contribution in [1.29, 1.82) is 0 Å². The first-order valence-electron chi connectivity index (χ1n) is 3.66. The van der Waals surface area contributed by atoms with Crippen molar-refractivity contribution >= 4 is 11.8 Å². The molecule has 0 saturated heterocycles. The van der Waals surface area contributed by atoms with Crippen molar-refractivity contribution in [3.05, 3.63) is 30.4 Å². The zero-order valence-electron chi connectivity index (χ0n) is 6.68. The quantitative estimate of drug-likeness (QED) is 0.570. The first-order valence-corrected chi connectivity index (χ1v) is 3.66. The maximum absolute atomic E-state index is 4.23. The van der Waals surface area contributed by atoms with Gasteiger partial charge in [-0.05, 0) is 19.1 Å². The van der Waals surface area contributed by atoms with Gasteiger partial charge in [-0.1, -0.05) is 12.2 Å². The summed E-state index contributed by atoms with van der Waals surface area (Å²) in [4.78, 5) is 0. The lowest BCUT2D eigenvalue weighted by Crippen LogP contribution is -1.97. The zero-order valence-corrected chi connectivity index (χ0v) is 6.68. The van der Waals surface area contributed by atoms with Crippen LogP contribution in [0.25, 0.3) is 6.08 Å². The smallest absolute Gasteiger partial charge is 0.177 e. The topological polar surface area (TPSA) is 43.1 Å². The van der Waals surface area contributed by atoms with Crippen molar-refractivity contribution in [3.8, 4) is 0 Å². The molecule has 12 heavy (non-hydrogen) atoms. The number of allylic oxidation sites excluding steroid dienone is 3. The highest BCUT2D eigenvalue weighted by atomic mass is 15.4. The van der Waals surface area contributed by atoms with Crippen LogP contribution >= 0.6 is 0 Å². The molecule has 0 fully saturated rings. The number of hydrogen-bond acceptors (Lipinski definition) is 3. The molecule has 0 bridgehead atoms. The molecule has 1 aliphatic heterocycles. The first kappa shape index (κ1) is 6.97. The molecule has 1 aromatic rings. The van der Waals surface area contributed by atoms with Crippen LogP contribution in [-0.4, -0.2) is 20.6 Å². The molecule has 4 nitrogen and oxygen atoms in total. The molecule has 1 aromatic heterocycles. The van der Waals surface area contributed by atoms with Gasteiger partial charge < -0.3 is 0 Å². The summed E-state index contributed by atoms with van der Waals surface area (Å²) >= 11 is 0. The van der Waals surface area contributed by atoms with E-state index in [9.17, 15) is 0 Å². The average molecular weight is 160 g/mol. The second-order valence-corrected chi connectivity index (χ2v) is 2.49. The van der Waals surface area contributed by atoms with Gasteiger partial charge >= 0.3 is 0 Å². The lowest BCUT2D eigenvalue weighted by Gasteiger charge is -1.97. The van der Waals surface area contributed by atoms with E-state index in [2.05, 4.69) is 15.3 Å². The predicted molar refractivity (Wildman–Crippen MR) is 46.7 cm³/mol. The summed E-state index contributed by atoms with van der Waals surface area (Å²) in [6.45, 7) is 1.93. The van der Waals surface area contributed by atoms with Crippen LogP contribution in [0.15, 0.2) is 29.7 Å². The van der Waals surface area contributed by atoms with Gasteiger partial charge in [0.15, 0.2) is 5.82 Å². The predicted octanol–water partition coefficient (Wildman–Crippen LogP) is 1.09. The number of aromatic nitrogens is 3. The van der Waals surface area contributed by atoms with Crippen LogP contribution in [-0.2, 0) is 0 Å². The van der Waals surface area contributed by atoms with E-state index in [-0.39, 0.29) is 0 Å². The molecule has 0 unspecified atom stereocenters. The molecule has 0 saturated carbocycles. The van der Waals surface area contributed by atoms with Crippen molar-refractivity contribution in [2.45, 2.75) is 6.92 Å². The second-order valence-electron chi connectivity index (χ2n) is 2.49. The summed E-state index contributed by atoms with van der Waals surface area (Å²) in [7, 11) is 0. The first-order chi connectivity index (χ1) is 5.86. The van der Waals surface area contributed by atoms with Gasteiger partial charge in [-0.25, -0.2) is 4.68 Å². The molecule has 1 aliphatic rings. The molecule has 0 amide bonds. The van der Waals surface area contributed by atoms with Crippen molar-refractivity contribution in [1.82, 2.24) is 14.9 Å². The summed E-state index contributed by atoms with van der Waals surface area (Å²) in [6.07, 6.45) is 9.22. The van der Waals surface area contributed by atoms with E-state index in [0.29, 0.717) is 0 Å². The Balaban J connectivity index is 2.55. The van der Waals surface area contributed by atoms with Crippen LogP contribution in [0.1, 0.15) is 12.7 Å². The Kier molecular flexibility index (Phi) is 1.59. The van der Waals surface area contributed by atoms with E-state index in [1.165, 1.54) is 0 Å². The lowest BCUT2D eigenvalue weighted by molar-refractivity contribution is 0.859. The highest BCUT2D eigenvalue weighted by molar-refractivity contribution is 5.93. The van der Waals surface area contributed by atoms with Crippen LogP contribution in [0.2, 0.25) is 0 Å². The molecule has 2 heterocycles. The number of fused-ring (bicyclic) bond motifs is 1. The third kappa shape index (κ3) is 1.18. The highest BCUT2D eigenvalue weighted by Gasteiger charge is 1.98. The van der Waals surface area contributed by atoms with Crippen LogP contribution in [0.3, 0.4) is 0 Å². The minimum Gasteiger partial charge on any atom is -0.200 e. The molecule has 2 rings (SSSR count). The van der Waals surface area contributed by atoms with Crippen LogP contribution < -0.4 is 0 Å². The van der Waals surface area contributed by atoms with E-state index in [0.717, 1.165) is 11.5 Å². The Bertz CT molecular complexity index is 370. The standard InChI is InChI=1S/C8H8N4/c1-7-4-2-3-5-8-10-9-6-12(8)11-7/h2-6H,1H3/b4-2+,5-3-,11-7-. The Morgan fingerprint density at radius 2 is 2.08 bits per heavy atom.